The van der Waals surface area contributed by atoms with Gasteiger partial charge >= 0.3 is 12.1 Å². The number of fused-ring (bicyclic) bond motifs is 1. The Morgan fingerprint density at radius 1 is 1.36 bits per heavy atom. The molecular formula is C13H11F3N2O4. The SMILES string of the molecule is Cc1cc2c(cc1C(F)(F)F)NC(=O)CC(=O)N2CC(=O)O. The normalized spacial score (nSPS) is 15.2. The van der Waals surface area contributed by atoms with Gasteiger partial charge in [-0.3, -0.25) is 19.3 Å². The molecule has 1 aliphatic heterocycles. The number of benzene rings is 1. The lowest BCUT2D eigenvalue weighted by atomic mass is 10.0. The highest BCUT2D eigenvalue weighted by atomic mass is 19.4. The van der Waals surface area contributed by atoms with E-state index in [0.717, 1.165) is 11.0 Å². The number of aryl methyl sites for hydroxylation is 1. The first-order chi connectivity index (χ1) is 10.1. The summed E-state index contributed by atoms with van der Waals surface area (Å²) >= 11 is 0. The summed E-state index contributed by atoms with van der Waals surface area (Å²) in [4.78, 5) is 35.1. The average molecular weight is 316 g/mol. The number of carboxylic acid groups (broad SMARTS) is 1. The topological polar surface area (TPSA) is 86.7 Å². The summed E-state index contributed by atoms with van der Waals surface area (Å²) in [6.45, 7) is 0.449. The number of carbonyl (C=O) groups is 3. The Bertz CT molecular complexity index is 670. The zero-order valence-corrected chi connectivity index (χ0v) is 11.3. The number of rotatable bonds is 2. The highest BCUT2D eigenvalue weighted by Gasteiger charge is 2.35. The van der Waals surface area contributed by atoms with Gasteiger partial charge in [0.25, 0.3) is 0 Å². The fourth-order valence-electron chi connectivity index (χ4n) is 2.19. The number of nitrogens with zero attached hydrogens (tertiary/aromatic N) is 1. The largest absolute Gasteiger partial charge is 0.480 e. The number of alkyl halides is 3. The zero-order chi connectivity index (χ0) is 16.7. The molecule has 6 nitrogen and oxygen atoms in total. The van der Waals surface area contributed by atoms with Gasteiger partial charge in [0.2, 0.25) is 11.8 Å². The van der Waals surface area contributed by atoms with Gasteiger partial charge in [-0.2, -0.15) is 13.2 Å². The Labute approximate surface area is 122 Å². The molecule has 0 atom stereocenters. The van der Waals surface area contributed by atoms with Crippen LogP contribution in [0.15, 0.2) is 12.1 Å². The van der Waals surface area contributed by atoms with Crippen molar-refractivity contribution < 1.29 is 32.7 Å². The summed E-state index contributed by atoms with van der Waals surface area (Å²) in [6.07, 6.45) is -5.26. The number of hydrogen-bond acceptors (Lipinski definition) is 3. The number of anilines is 2. The van der Waals surface area contributed by atoms with Gasteiger partial charge in [0.05, 0.1) is 16.9 Å². The van der Waals surface area contributed by atoms with Crippen LogP contribution >= 0.6 is 0 Å². The standard InChI is InChI=1S/C13H11F3N2O4/c1-6-2-9-8(3-7(6)13(14,15)16)17-10(19)4-11(20)18(9)5-12(21)22/h2-3H,4-5H2,1H3,(H,17,19)(H,21,22). The molecule has 2 amide bonds. The summed E-state index contributed by atoms with van der Waals surface area (Å²) in [5, 5.41) is 11.0. The fraction of sp³-hybridized carbons (Fsp3) is 0.308. The molecule has 1 heterocycles. The van der Waals surface area contributed by atoms with Gasteiger partial charge in [0, 0.05) is 0 Å². The van der Waals surface area contributed by atoms with Crippen molar-refractivity contribution in [3.8, 4) is 0 Å². The second-order valence-electron chi connectivity index (χ2n) is 4.78. The average Bonchev–Trinajstić information content (AvgIpc) is 2.45. The van der Waals surface area contributed by atoms with Crippen LogP contribution in [0, 0.1) is 6.92 Å². The molecule has 0 aliphatic carbocycles. The summed E-state index contributed by atoms with van der Waals surface area (Å²) in [6, 6.07) is 1.75. The maximum absolute atomic E-state index is 12.9. The molecule has 0 spiro atoms. The van der Waals surface area contributed by atoms with Crippen LogP contribution in [0.4, 0.5) is 24.5 Å². The number of amides is 2. The van der Waals surface area contributed by atoms with E-state index in [9.17, 15) is 27.6 Å². The lowest BCUT2D eigenvalue weighted by molar-refractivity contribution is -0.138. The minimum atomic E-state index is -4.63. The maximum Gasteiger partial charge on any atom is 0.416 e. The molecule has 1 aromatic rings. The maximum atomic E-state index is 12.9. The molecule has 2 rings (SSSR count). The van der Waals surface area contributed by atoms with Crippen molar-refractivity contribution in [3.05, 3.63) is 23.3 Å². The van der Waals surface area contributed by atoms with Crippen LogP contribution in [-0.2, 0) is 20.6 Å². The van der Waals surface area contributed by atoms with Crippen LogP contribution in [-0.4, -0.2) is 29.4 Å². The van der Waals surface area contributed by atoms with E-state index in [2.05, 4.69) is 5.32 Å². The predicted molar refractivity (Wildman–Crippen MR) is 69.4 cm³/mol. The number of nitrogens with one attached hydrogen (secondary N) is 1. The Balaban J connectivity index is 2.62. The molecule has 1 aromatic carbocycles. The quantitative estimate of drug-likeness (QED) is 0.814. The van der Waals surface area contributed by atoms with Gasteiger partial charge in [-0.15, -0.1) is 0 Å². The molecule has 1 aliphatic rings. The molecule has 0 radical (unpaired) electrons. The van der Waals surface area contributed by atoms with Crippen LogP contribution in [0.25, 0.3) is 0 Å². The van der Waals surface area contributed by atoms with Crippen LogP contribution in [0.3, 0.4) is 0 Å². The first kappa shape index (κ1) is 15.8. The molecule has 0 saturated heterocycles. The number of aliphatic carboxylic acids is 1. The first-order valence-corrected chi connectivity index (χ1v) is 6.13. The molecule has 0 saturated carbocycles. The van der Waals surface area contributed by atoms with Gasteiger partial charge in [-0.05, 0) is 24.6 Å². The van der Waals surface area contributed by atoms with Gasteiger partial charge in [-0.1, -0.05) is 0 Å². The second kappa shape index (κ2) is 5.32. The lowest BCUT2D eigenvalue weighted by Crippen LogP contribution is -2.35. The second-order valence-corrected chi connectivity index (χ2v) is 4.78. The van der Waals surface area contributed by atoms with Crippen LogP contribution in [0.5, 0.6) is 0 Å². The summed E-state index contributed by atoms with van der Waals surface area (Å²) in [7, 11) is 0. The van der Waals surface area contributed by atoms with Crippen molar-refractivity contribution in [2.24, 2.45) is 0 Å². The van der Waals surface area contributed by atoms with E-state index < -0.39 is 42.5 Å². The lowest BCUT2D eigenvalue weighted by Gasteiger charge is -2.22. The van der Waals surface area contributed by atoms with E-state index in [4.69, 9.17) is 5.11 Å². The van der Waals surface area contributed by atoms with Crippen molar-refractivity contribution in [1.82, 2.24) is 0 Å². The molecule has 0 fully saturated rings. The van der Waals surface area contributed by atoms with E-state index in [1.807, 2.05) is 0 Å². The van der Waals surface area contributed by atoms with Crippen LogP contribution < -0.4 is 10.2 Å². The van der Waals surface area contributed by atoms with E-state index in [0.29, 0.717) is 6.07 Å². The molecular weight excluding hydrogens is 305 g/mol. The number of carbonyl (C=O) groups excluding carboxylic acids is 2. The van der Waals surface area contributed by atoms with Crippen LogP contribution in [0.1, 0.15) is 17.5 Å². The molecule has 0 bridgehead atoms. The van der Waals surface area contributed by atoms with Gasteiger partial charge in [0.15, 0.2) is 0 Å². The Morgan fingerprint density at radius 3 is 2.55 bits per heavy atom. The minimum Gasteiger partial charge on any atom is -0.480 e. The van der Waals surface area contributed by atoms with Crippen LogP contribution in [0.2, 0.25) is 0 Å². The minimum absolute atomic E-state index is 0.0660. The molecule has 9 heteroatoms. The van der Waals surface area contributed by atoms with E-state index >= 15 is 0 Å². The predicted octanol–water partition coefficient (Wildman–Crippen LogP) is 1.77. The smallest absolute Gasteiger partial charge is 0.416 e. The van der Waals surface area contributed by atoms with Crippen molar-refractivity contribution in [3.63, 3.8) is 0 Å². The summed E-state index contributed by atoms with van der Waals surface area (Å²) in [5.74, 6) is -2.93. The van der Waals surface area contributed by atoms with Gasteiger partial charge in [-0.25, -0.2) is 0 Å². The number of carboxylic acids is 1. The molecule has 0 aromatic heterocycles. The fourth-order valence-corrected chi connectivity index (χ4v) is 2.19. The number of hydrogen-bond donors (Lipinski definition) is 2. The van der Waals surface area contributed by atoms with Gasteiger partial charge < -0.3 is 10.4 Å². The molecule has 2 N–H and O–H groups in total. The molecule has 118 valence electrons. The zero-order valence-electron chi connectivity index (χ0n) is 11.3. The van der Waals surface area contributed by atoms with E-state index in [1.54, 1.807) is 0 Å². The van der Waals surface area contributed by atoms with E-state index in [1.165, 1.54) is 6.92 Å². The third kappa shape index (κ3) is 3.02. The molecule has 22 heavy (non-hydrogen) atoms. The van der Waals surface area contributed by atoms with Crippen molar-refractivity contribution in [2.75, 3.05) is 16.8 Å². The number of halogens is 3. The molecule has 0 unspecified atom stereocenters. The van der Waals surface area contributed by atoms with E-state index in [-0.39, 0.29) is 16.9 Å². The summed E-state index contributed by atoms with van der Waals surface area (Å²) in [5.41, 5.74) is -1.44. The highest BCUT2D eigenvalue weighted by Crippen LogP contribution is 2.39. The van der Waals surface area contributed by atoms with Gasteiger partial charge in [0.1, 0.15) is 13.0 Å². The Hall–Kier alpha value is -2.58. The third-order valence-corrected chi connectivity index (χ3v) is 3.12. The van der Waals surface area contributed by atoms with Crippen molar-refractivity contribution >= 4 is 29.2 Å². The highest BCUT2D eigenvalue weighted by molar-refractivity contribution is 6.15. The first-order valence-electron chi connectivity index (χ1n) is 6.13. The third-order valence-electron chi connectivity index (χ3n) is 3.12. The monoisotopic (exact) mass is 316 g/mol. The Morgan fingerprint density at radius 2 is 2.00 bits per heavy atom. The van der Waals surface area contributed by atoms with Crippen molar-refractivity contribution in [1.29, 1.82) is 0 Å². The summed E-state index contributed by atoms with van der Waals surface area (Å²) < 4.78 is 38.7. The van der Waals surface area contributed by atoms with Crippen molar-refractivity contribution in [2.45, 2.75) is 19.5 Å². The Kier molecular flexibility index (Phi) is 3.82.